The molecule has 1 atom stereocenters. The van der Waals surface area contributed by atoms with Crippen LogP contribution in [0, 0.1) is 12.3 Å². The van der Waals surface area contributed by atoms with Crippen LogP contribution in [0.15, 0.2) is 17.5 Å². The predicted molar refractivity (Wildman–Crippen MR) is 60.2 cm³/mol. The quantitative estimate of drug-likeness (QED) is 0.553. The molecule has 0 saturated heterocycles. The zero-order valence-electron chi connectivity index (χ0n) is 8.07. The number of terminal acetylenes is 1. The summed E-state index contributed by atoms with van der Waals surface area (Å²) in [5, 5.41) is 14.8. The average Bonchev–Trinajstić information content (AvgIpc) is 2.70. The molecule has 0 fully saturated rings. The van der Waals surface area contributed by atoms with Gasteiger partial charge in [0.25, 0.3) is 0 Å². The third kappa shape index (κ3) is 3.93. The van der Waals surface area contributed by atoms with Crippen LogP contribution in [0.4, 0.5) is 0 Å². The summed E-state index contributed by atoms with van der Waals surface area (Å²) in [7, 11) is 0. The summed E-state index contributed by atoms with van der Waals surface area (Å²) in [5.41, 5.74) is 0. The lowest BCUT2D eigenvalue weighted by atomic mass is 10.2. The second kappa shape index (κ2) is 6.61. The molecule has 1 aromatic heterocycles. The van der Waals surface area contributed by atoms with Crippen LogP contribution in [0.1, 0.15) is 23.8 Å². The van der Waals surface area contributed by atoms with Gasteiger partial charge in [0.1, 0.15) is 6.10 Å². The van der Waals surface area contributed by atoms with E-state index in [2.05, 4.69) is 11.2 Å². The Kier molecular flexibility index (Phi) is 5.31. The van der Waals surface area contributed by atoms with E-state index < -0.39 is 0 Å². The zero-order valence-corrected chi connectivity index (χ0v) is 8.89. The monoisotopic (exact) mass is 209 g/mol. The number of nitrogens with one attached hydrogen (secondary N) is 1. The van der Waals surface area contributed by atoms with E-state index in [4.69, 9.17) is 6.42 Å². The van der Waals surface area contributed by atoms with E-state index in [1.165, 1.54) is 0 Å². The molecule has 0 spiro atoms. The van der Waals surface area contributed by atoms with Gasteiger partial charge in [-0.2, -0.15) is 0 Å². The lowest BCUT2D eigenvalue weighted by Gasteiger charge is -2.09. The summed E-state index contributed by atoms with van der Waals surface area (Å²) in [5.74, 6) is 2.58. The van der Waals surface area contributed by atoms with Crippen molar-refractivity contribution >= 4 is 11.3 Å². The molecule has 0 radical (unpaired) electrons. The Balaban J connectivity index is 2.10. The minimum absolute atomic E-state index is 0.388. The molecule has 0 aromatic carbocycles. The molecule has 2 N–H and O–H groups in total. The number of rotatable bonds is 6. The second-order valence-electron chi connectivity index (χ2n) is 3.04. The van der Waals surface area contributed by atoms with E-state index in [9.17, 15) is 5.11 Å². The Labute approximate surface area is 89.0 Å². The first-order chi connectivity index (χ1) is 6.84. The molecule has 0 aliphatic heterocycles. The van der Waals surface area contributed by atoms with Gasteiger partial charge in [-0.15, -0.1) is 23.7 Å². The van der Waals surface area contributed by atoms with Crippen LogP contribution < -0.4 is 5.32 Å². The van der Waals surface area contributed by atoms with Crippen LogP contribution >= 0.6 is 11.3 Å². The molecule has 0 aliphatic rings. The Hall–Kier alpha value is -0.820. The second-order valence-corrected chi connectivity index (χ2v) is 4.02. The Morgan fingerprint density at radius 3 is 3.14 bits per heavy atom. The standard InChI is InChI=1S/C11H15NOS/c1-2-3-4-7-12-9-10(13)11-6-5-8-14-11/h1,5-6,8,10,12-13H,3-4,7,9H2. The van der Waals surface area contributed by atoms with Crippen LogP contribution in [-0.2, 0) is 0 Å². The van der Waals surface area contributed by atoms with E-state index in [1.807, 2.05) is 17.5 Å². The van der Waals surface area contributed by atoms with Crippen molar-refractivity contribution in [2.75, 3.05) is 13.1 Å². The predicted octanol–water partition coefficient (Wildman–Crippen LogP) is 1.78. The van der Waals surface area contributed by atoms with Crippen molar-refractivity contribution in [1.82, 2.24) is 5.32 Å². The fourth-order valence-electron chi connectivity index (χ4n) is 1.14. The summed E-state index contributed by atoms with van der Waals surface area (Å²) < 4.78 is 0. The molecule has 0 saturated carbocycles. The van der Waals surface area contributed by atoms with Crippen molar-refractivity contribution in [1.29, 1.82) is 0 Å². The highest BCUT2D eigenvalue weighted by Gasteiger charge is 2.06. The van der Waals surface area contributed by atoms with Crippen molar-refractivity contribution in [3.8, 4) is 12.3 Å². The van der Waals surface area contributed by atoms with E-state index in [0.717, 1.165) is 24.3 Å². The van der Waals surface area contributed by atoms with Crippen LogP contribution in [0.5, 0.6) is 0 Å². The van der Waals surface area contributed by atoms with Gasteiger partial charge < -0.3 is 10.4 Å². The van der Waals surface area contributed by atoms with E-state index >= 15 is 0 Å². The van der Waals surface area contributed by atoms with Gasteiger partial charge in [-0.1, -0.05) is 6.07 Å². The van der Waals surface area contributed by atoms with Crippen molar-refractivity contribution < 1.29 is 5.11 Å². The van der Waals surface area contributed by atoms with Crippen LogP contribution in [-0.4, -0.2) is 18.2 Å². The van der Waals surface area contributed by atoms with Crippen LogP contribution in [0.2, 0.25) is 0 Å². The number of hydrogen-bond acceptors (Lipinski definition) is 3. The van der Waals surface area contributed by atoms with Gasteiger partial charge in [0.15, 0.2) is 0 Å². The van der Waals surface area contributed by atoms with Gasteiger partial charge in [0.05, 0.1) is 0 Å². The summed E-state index contributed by atoms with van der Waals surface area (Å²) in [6.07, 6.45) is 6.49. The number of hydrogen-bond donors (Lipinski definition) is 2. The van der Waals surface area contributed by atoms with Gasteiger partial charge >= 0.3 is 0 Å². The number of aliphatic hydroxyl groups is 1. The molecular formula is C11H15NOS. The van der Waals surface area contributed by atoms with Crippen molar-refractivity contribution in [2.24, 2.45) is 0 Å². The number of thiophene rings is 1. The maximum atomic E-state index is 9.67. The molecule has 0 bridgehead atoms. The molecule has 1 unspecified atom stereocenters. The van der Waals surface area contributed by atoms with Crippen molar-refractivity contribution in [2.45, 2.75) is 18.9 Å². The molecule has 2 nitrogen and oxygen atoms in total. The van der Waals surface area contributed by atoms with Gasteiger partial charge in [-0.05, 0) is 24.4 Å². The Bertz CT molecular complexity index is 276. The maximum Gasteiger partial charge on any atom is 0.101 e. The van der Waals surface area contributed by atoms with Crippen molar-refractivity contribution in [3.05, 3.63) is 22.4 Å². The lowest BCUT2D eigenvalue weighted by molar-refractivity contribution is 0.178. The zero-order chi connectivity index (χ0) is 10.2. The highest BCUT2D eigenvalue weighted by Crippen LogP contribution is 2.17. The van der Waals surface area contributed by atoms with E-state index in [0.29, 0.717) is 6.54 Å². The minimum atomic E-state index is -0.388. The van der Waals surface area contributed by atoms with Gasteiger partial charge in [-0.25, -0.2) is 0 Å². The van der Waals surface area contributed by atoms with Crippen molar-refractivity contribution in [3.63, 3.8) is 0 Å². The molecule has 1 rings (SSSR count). The SMILES string of the molecule is C#CCCCNCC(O)c1cccs1. The molecule has 0 amide bonds. The molecular weight excluding hydrogens is 194 g/mol. The van der Waals surface area contributed by atoms with Crippen LogP contribution in [0.25, 0.3) is 0 Å². The minimum Gasteiger partial charge on any atom is -0.386 e. The molecule has 14 heavy (non-hydrogen) atoms. The largest absolute Gasteiger partial charge is 0.386 e. The normalized spacial score (nSPS) is 12.3. The fourth-order valence-corrected chi connectivity index (χ4v) is 1.85. The molecule has 1 aromatic rings. The van der Waals surface area contributed by atoms with Gasteiger partial charge in [-0.3, -0.25) is 0 Å². The first-order valence-corrected chi connectivity index (χ1v) is 5.58. The molecule has 1 heterocycles. The molecule has 76 valence electrons. The number of aliphatic hydroxyl groups excluding tert-OH is 1. The smallest absolute Gasteiger partial charge is 0.101 e. The highest BCUT2D eigenvalue weighted by molar-refractivity contribution is 7.10. The summed E-state index contributed by atoms with van der Waals surface area (Å²) in [4.78, 5) is 1.01. The lowest BCUT2D eigenvalue weighted by Crippen LogP contribution is -2.21. The van der Waals surface area contributed by atoms with E-state index in [1.54, 1.807) is 11.3 Å². The molecule has 3 heteroatoms. The summed E-state index contributed by atoms with van der Waals surface area (Å²) in [6, 6.07) is 3.89. The van der Waals surface area contributed by atoms with Gasteiger partial charge in [0.2, 0.25) is 0 Å². The first kappa shape index (κ1) is 11.3. The Morgan fingerprint density at radius 2 is 2.50 bits per heavy atom. The Morgan fingerprint density at radius 1 is 1.64 bits per heavy atom. The first-order valence-electron chi connectivity index (χ1n) is 4.70. The molecule has 0 aliphatic carbocycles. The maximum absolute atomic E-state index is 9.67. The van der Waals surface area contributed by atoms with Crippen LogP contribution in [0.3, 0.4) is 0 Å². The van der Waals surface area contributed by atoms with E-state index in [-0.39, 0.29) is 6.10 Å². The third-order valence-corrected chi connectivity index (χ3v) is 2.86. The average molecular weight is 209 g/mol. The van der Waals surface area contributed by atoms with Gasteiger partial charge in [0, 0.05) is 17.8 Å². The summed E-state index contributed by atoms with van der Waals surface area (Å²) in [6.45, 7) is 1.47. The number of unbranched alkanes of at least 4 members (excludes halogenated alkanes) is 1. The topological polar surface area (TPSA) is 32.3 Å². The highest BCUT2D eigenvalue weighted by atomic mass is 32.1. The summed E-state index contributed by atoms with van der Waals surface area (Å²) >= 11 is 1.58. The third-order valence-electron chi connectivity index (χ3n) is 1.88. The fraction of sp³-hybridized carbons (Fsp3) is 0.455.